The summed E-state index contributed by atoms with van der Waals surface area (Å²) in [7, 11) is 0. The number of aromatic nitrogens is 6. The summed E-state index contributed by atoms with van der Waals surface area (Å²) in [5, 5.41) is 29.3. The quantitative estimate of drug-likeness (QED) is 0.686. The molecule has 29 heavy (non-hydrogen) atoms. The summed E-state index contributed by atoms with van der Waals surface area (Å²) in [5.41, 5.74) is 1.02. The van der Waals surface area contributed by atoms with Crippen LogP contribution in [0, 0.1) is 0 Å². The Morgan fingerprint density at radius 2 is 2.10 bits per heavy atom. The van der Waals surface area contributed by atoms with Gasteiger partial charge in [-0.2, -0.15) is 0 Å². The second-order valence-corrected chi connectivity index (χ2v) is 7.79. The Hall–Kier alpha value is -3.14. The fraction of sp³-hybridized carbons (Fsp3) is 0.421. The number of benzene rings is 1. The Morgan fingerprint density at radius 3 is 2.83 bits per heavy atom. The van der Waals surface area contributed by atoms with Gasteiger partial charge in [-0.3, -0.25) is 4.57 Å². The van der Waals surface area contributed by atoms with Crippen LogP contribution in [0.2, 0.25) is 0 Å². The molecule has 2 N–H and O–H groups in total. The largest absolute Gasteiger partial charge is 0.507 e. The summed E-state index contributed by atoms with van der Waals surface area (Å²) in [6.07, 6.45) is 5.10. The average molecular weight is 397 g/mol. The van der Waals surface area contributed by atoms with E-state index in [9.17, 15) is 9.50 Å². The summed E-state index contributed by atoms with van der Waals surface area (Å²) in [6.45, 7) is 1.89. The number of aromatic hydroxyl groups is 1. The van der Waals surface area contributed by atoms with Gasteiger partial charge in [-0.1, -0.05) is 5.10 Å². The van der Waals surface area contributed by atoms with Gasteiger partial charge in [0.25, 0.3) is 0 Å². The molecule has 2 fully saturated rings. The number of hydrogen-bond acceptors (Lipinski definition) is 8. The number of alkyl halides is 1. The molecule has 1 aromatic carbocycles. The standard InChI is InChI=1S/C19H20FN7O2/c1-19-5-4-11(24-19)6-16(17(19)20)29-18-21-8-14(25-26-18)13-3-2-12(7-15(13)28)27-9-22-23-10-27/h2-3,7-11,16-17,24,28H,4-6H2,1H3/t11?,16-,17-,19+/m0/s1. The lowest BCUT2D eigenvalue weighted by Crippen LogP contribution is -2.59. The summed E-state index contributed by atoms with van der Waals surface area (Å²) < 4.78 is 22.2. The number of nitrogens with one attached hydrogen (secondary N) is 1. The molecular formula is C19H20FN7O2. The molecule has 4 heterocycles. The minimum atomic E-state index is -1.14. The van der Waals surface area contributed by atoms with Crippen molar-refractivity contribution < 1.29 is 14.2 Å². The smallest absolute Gasteiger partial charge is 0.336 e. The first kappa shape index (κ1) is 17.9. The molecule has 0 saturated carbocycles. The van der Waals surface area contributed by atoms with Crippen molar-refractivity contribution >= 4 is 0 Å². The molecule has 2 bridgehead atoms. The van der Waals surface area contributed by atoms with Gasteiger partial charge in [-0.15, -0.1) is 15.3 Å². The summed E-state index contributed by atoms with van der Waals surface area (Å²) in [5.74, 6) is 0.0210. The zero-order chi connectivity index (χ0) is 20.0. The topological polar surface area (TPSA) is 111 Å². The Kier molecular flexibility index (Phi) is 4.16. The van der Waals surface area contributed by atoms with Crippen LogP contribution >= 0.6 is 0 Å². The number of nitrogens with zero attached hydrogens (tertiary/aromatic N) is 6. The average Bonchev–Trinajstić information content (AvgIpc) is 3.36. The number of phenolic OH excluding ortho intramolecular Hbond substituents is 1. The van der Waals surface area contributed by atoms with Gasteiger partial charge in [0, 0.05) is 24.1 Å². The monoisotopic (exact) mass is 397 g/mol. The summed E-state index contributed by atoms with van der Waals surface area (Å²) >= 11 is 0. The lowest BCUT2D eigenvalue weighted by molar-refractivity contribution is 0.00542. The molecular weight excluding hydrogens is 377 g/mol. The van der Waals surface area contributed by atoms with Crippen LogP contribution in [0.4, 0.5) is 4.39 Å². The summed E-state index contributed by atoms with van der Waals surface area (Å²) in [6, 6.07) is 5.37. The molecule has 150 valence electrons. The molecule has 2 aliphatic heterocycles. The lowest BCUT2D eigenvalue weighted by atomic mass is 9.88. The molecule has 2 aliphatic rings. The Balaban J connectivity index is 1.33. The SMILES string of the molecule is C[C@@]12CCC(C[C@H](Oc3ncc(-c4ccc(-n5cnnc5)cc4O)nn3)[C@@H]1F)N2. The normalized spacial score (nSPS) is 28.4. The Morgan fingerprint density at radius 1 is 1.28 bits per heavy atom. The number of piperidine rings is 1. The van der Waals surface area contributed by atoms with Gasteiger partial charge in [-0.25, -0.2) is 9.37 Å². The van der Waals surface area contributed by atoms with E-state index in [1.165, 1.54) is 18.9 Å². The highest BCUT2D eigenvalue weighted by Gasteiger charge is 2.51. The van der Waals surface area contributed by atoms with E-state index in [1.54, 1.807) is 22.8 Å². The van der Waals surface area contributed by atoms with Crippen LogP contribution in [0.25, 0.3) is 16.9 Å². The molecule has 4 atom stereocenters. The van der Waals surface area contributed by atoms with E-state index < -0.39 is 17.8 Å². The van der Waals surface area contributed by atoms with E-state index >= 15 is 0 Å². The van der Waals surface area contributed by atoms with Crippen molar-refractivity contribution in [2.75, 3.05) is 0 Å². The number of halogens is 1. The van der Waals surface area contributed by atoms with Crippen molar-refractivity contribution in [3.63, 3.8) is 0 Å². The molecule has 0 spiro atoms. The van der Waals surface area contributed by atoms with Crippen LogP contribution in [0.5, 0.6) is 11.8 Å². The van der Waals surface area contributed by atoms with E-state index in [-0.39, 0.29) is 17.8 Å². The first-order chi connectivity index (χ1) is 14.0. The molecule has 9 nitrogen and oxygen atoms in total. The van der Waals surface area contributed by atoms with Crippen LogP contribution in [-0.2, 0) is 0 Å². The number of ether oxygens (including phenoxy) is 1. The first-order valence-electron chi connectivity index (χ1n) is 9.48. The number of fused-ring (bicyclic) bond motifs is 2. The van der Waals surface area contributed by atoms with Crippen molar-refractivity contribution in [3.05, 3.63) is 37.1 Å². The second kappa shape index (κ2) is 6.73. The Bertz CT molecular complexity index is 1010. The molecule has 0 aliphatic carbocycles. The van der Waals surface area contributed by atoms with Gasteiger partial charge >= 0.3 is 6.01 Å². The van der Waals surface area contributed by atoms with E-state index in [4.69, 9.17) is 4.74 Å². The third-order valence-electron chi connectivity index (χ3n) is 5.77. The number of hydrogen-bond donors (Lipinski definition) is 2. The van der Waals surface area contributed by atoms with Crippen LogP contribution in [0.1, 0.15) is 26.2 Å². The zero-order valence-electron chi connectivity index (χ0n) is 15.7. The van der Waals surface area contributed by atoms with Gasteiger partial charge in [0.1, 0.15) is 30.2 Å². The molecule has 2 aromatic heterocycles. The van der Waals surface area contributed by atoms with Gasteiger partial charge < -0.3 is 15.2 Å². The predicted molar refractivity (Wildman–Crippen MR) is 100 cm³/mol. The van der Waals surface area contributed by atoms with Gasteiger partial charge in [0.05, 0.1) is 17.4 Å². The number of rotatable bonds is 4. The van der Waals surface area contributed by atoms with E-state index in [1.807, 2.05) is 6.92 Å². The van der Waals surface area contributed by atoms with Gasteiger partial charge in [0.2, 0.25) is 0 Å². The van der Waals surface area contributed by atoms with Gasteiger partial charge in [0.15, 0.2) is 6.17 Å². The molecule has 10 heteroatoms. The van der Waals surface area contributed by atoms with E-state index in [0.29, 0.717) is 23.4 Å². The van der Waals surface area contributed by atoms with Crippen molar-refractivity contribution in [1.82, 2.24) is 35.3 Å². The fourth-order valence-electron chi connectivity index (χ4n) is 4.21. The molecule has 1 unspecified atom stereocenters. The van der Waals surface area contributed by atoms with Crippen LogP contribution in [0.15, 0.2) is 37.1 Å². The first-order valence-corrected chi connectivity index (χ1v) is 9.48. The summed E-state index contributed by atoms with van der Waals surface area (Å²) in [4.78, 5) is 4.17. The maximum absolute atomic E-state index is 14.9. The lowest BCUT2D eigenvalue weighted by Gasteiger charge is -2.39. The molecule has 5 rings (SSSR count). The Labute approximate surface area is 166 Å². The molecule has 3 aromatic rings. The van der Waals surface area contributed by atoms with Crippen molar-refractivity contribution in [3.8, 4) is 28.7 Å². The maximum atomic E-state index is 14.9. The number of phenols is 1. The minimum absolute atomic E-state index is 0.0210. The third-order valence-corrected chi connectivity index (χ3v) is 5.77. The van der Waals surface area contributed by atoms with Crippen LogP contribution < -0.4 is 10.1 Å². The van der Waals surface area contributed by atoms with Crippen LogP contribution in [0.3, 0.4) is 0 Å². The molecule has 2 saturated heterocycles. The highest BCUT2D eigenvalue weighted by molar-refractivity contribution is 5.67. The van der Waals surface area contributed by atoms with E-state index in [0.717, 1.165) is 12.8 Å². The zero-order valence-corrected chi connectivity index (χ0v) is 15.7. The molecule has 0 amide bonds. The third kappa shape index (κ3) is 3.19. The fourth-order valence-corrected chi connectivity index (χ4v) is 4.21. The maximum Gasteiger partial charge on any atom is 0.336 e. The van der Waals surface area contributed by atoms with Gasteiger partial charge in [-0.05, 0) is 31.9 Å². The molecule has 0 radical (unpaired) electrons. The second-order valence-electron chi connectivity index (χ2n) is 7.79. The predicted octanol–water partition coefficient (Wildman–Crippen LogP) is 1.82. The minimum Gasteiger partial charge on any atom is -0.507 e. The van der Waals surface area contributed by atoms with E-state index in [2.05, 4.69) is 30.7 Å². The van der Waals surface area contributed by atoms with Crippen molar-refractivity contribution in [1.29, 1.82) is 0 Å². The highest BCUT2D eigenvalue weighted by atomic mass is 19.1. The van der Waals surface area contributed by atoms with Crippen molar-refractivity contribution in [2.24, 2.45) is 0 Å². The highest BCUT2D eigenvalue weighted by Crippen LogP contribution is 2.38. The van der Waals surface area contributed by atoms with Crippen LogP contribution in [-0.4, -0.2) is 58.9 Å². The van der Waals surface area contributed by atoms with Crippen molar-refractivity contribution in [2.45, 2.75) is 50.0 Å².